The first-order chi connectivity index (χ1) is 10.4. The van der Waals surface area contributed by atoms with E-state index >= 15 is 0 Å². The highest BCUT2D eigenvalue weighted by molar-refractivity contribution is 9.10. The van der Waals surface area contributed by atoms with Crippen LogP contribution in [0.2, 0.25) is 0 Å². The van der Waals surface area contributed by atoms with Crippen LogP contribution in [0.15, 0.2) is 46.9 Å². The quantitative estimate of drug-likeness (QED) is 0.595. The van der Waals surface area contributed by atoms with E-state index in [0.29, 0.717) is 11.1 Å². The lowest BCUT2D eigenvalue weighted by molar-refractivity contribution is 0.0318. The van der Waals surface area contributed by atoms with Gasteiger partial charge in [-0.1, -0.05) is 40.2 Å². The zero-order valence-electron chi connectivity index (χ0n) is 12.7. The highest BCUT2D eigenvalue weighted by Crippen LogP contribution is 2.17. The second kappa shape index (κ2) is 6.88. The molecule has 4 heteroatoms. The third-order valence-electron chi connectivity index (χ3n) is 3.61. The largest absolute Gasteiger partial charge is 0.451 e. The van der Waals surface area contributed by atoms with E-state index in [1.807, 2.05) is 19.9 Å². The van der Waals surface area contributed by atoms with Crippen molar-refractivity contribution in [3.8, 4) is 0 Å². The number of ether oxygens (including phenoxy) is 1. The van der Waals surface area contributed by atoms with Gasteiger partial charge < -0.3 is 4.74 Å². The van der Waals surface area contributed by atoms with E-state index in [4.69, 9.17) is 4.74 Å². The highest BCUT2D eigenvalue weighted by atomic mass is 79.9. The molecular formula is C18H17BrO3. The minimum Gasteiger partial charge on any atom is -0.451 e. The summed E-state index contributed by atoms with van der Waals surface area (Å²) in [6.07, 6.45) is -0.825. The molecule has 0 saturated heterocycles. The molecule has 0 heterocycles. The number of halogens is 1. The van der Waals surface area contributed by atoms with Crippen molar-refractivity contribution >= 4 is 27.7 Å². The number of rotatable bonds is 4. The summed E-state index contributed by atoms with van der Waals surface area (Å²) in [4.78, 5) is 24.5. The summed E-state index contributed by atoms with van der Waals surface area (Å²) < 4.78 is 6.21. The predicted molar refractivity (Wildman–Crippen MR) is 89.3 cm³/mol. The minimum absolute atomic E-state index is 0.217. The first kappa shape index (κ1) is 16.4. The smallest absolute Gasteiger partial charge is 0.339 e. The summed E-state index contributed by atoms with van der Waals surface area (Å²) >= 11 is 3.32. The number of carbonyl (C=O) groups is 2. The van der Waals surface area contributed by atoms with Gasteiger partial charge in [-0.3, -0.25) is 4.79 Å². The monoisotopic (exact) mass is 360 g/mol. The second-order valence-corrected chi connectivity index (χ2v) is 6.08. The Bertz CT molecular complexity index is 705. The van der Waals surface area contributed by atoms with Gasteiger partial charge in [-0.05, 0) is 50.1 Å². The van der Waals surface area contributed by atoms with Crippen LogP contribution in [0.4, 0.5) is 0 Å². The molecule has 2 aromatic rings. The van der Waals surface area contributed by atoms with Gasteiger partial charge in [0.2, 0.25) is 5.78 Å². The fraction of sp³-hybridized carbons (Fsp3) is 0.222. The highest BCUT2D eigenvalue weighted by Gasteiger charge is 2.21. The molecule has 0 aromatic heterocycles. The summed E-state index contributed by atoms with van der Waals surface area (Å²) in [5.41, 5.74) is 2.90. The maximum atomic E-state index is 12.3. The van der Waals surface area contributed by atoms with Gasteiger partial charge in [0.15, 0.2) is 6.10 Å². The summed E-state index contributed by atoms with van der Waals surface area (Å²) in [6, 6.07) is 12.4. The summed E-state index contributed by atoms with van der Waals surface area (Å²) in [7, 11) is 0. The van der Waals surface area contributed by atoms with Crippen molar-refractivity contribution in [3.63, 3.8) is 0 Å². The Balaban J connectivity index is 2.12. The maximum absolute atomic E-state index is 12.3. The average Bonchev–Trinajstić information content (AvgIpc) is 2.50. The Labute approximate surface area is 138 Å². The molecule has 0 saturated carbocycles. The topological polar surface area (TPSA) is 43.4 Å². The fourth-order valence-electron chi connectivity index (χ4n) is 2.10. The number of ketones is 1. The molecular weight excluding hydrogens is 344 g/mol. The Hall–Kier alpha value is -1.94. The van der Waals surface area contributed by atoms with E-state index in [2.05, 4.69) is 15.9 Å². The zero-order valence-corrected chi connectivity index (χ0v) is 14.3. The van der Waals surface area contributed by atoms with Gasteiger partial charge in [0.1, 0.15) is 0 Å². The Kier molecular flexibility index (Phi) is 5.14. The lowest BCUT2D eigenvalue weighted by atomic mass is 10.0. The summed E-state index contributed by atoms with van der Waals surface area (Å²) in [5, 5.41) is 0. The lowest BCUT2D eigenvalue weighted by Crippen LogP contribution is -2.24. The molecule has 2 rings (SSSR count). The number of hydrogen-bond acceptors (Lipinski definition) is 3. The van der Waals surface area contributed by atoms with Gasteiger partial charge in [0.05, 0.1) is 5.56 Å². The minimum atomic E-state index is -0.825. The lowest BCUT2D eigenvalue weighted by Gasteiger charge is -2.14. The molecule has 0 radical (unpaired) electrons. The van der Waals surface area contributed by atoms with Gasteiger partial charge in [-0.15, -0.1) is 0 Å². The van der Waals surface area contributed by atoms with Gasteiger partial charge in [-0.25, -0.2) is 4.79 Å². The van der Waals surface area contributed by atoms with Crippen LogP contribution in [0.5, 0.6) is 0 Å². The van der Waals surface area contributed by atoms with Crippen molar-refractivity contribution in [1.82, 2.24) is 0 Å². The Morgan fingerprint density at radius 1 is 1.05 bits per heavy atom. The SMILES string of the molecule is Cc1cccc(C(=O)O[C@@H](C)C(=O)c2ccc(Br)cc2)c1C. The number of aryl methyl sites for hydroxylation is 1. The van der Waals surface area contributed by atoms with E-state index in [1.54, 1.807) is 43.3 Å². The van der Waals surface area contributed by atoms with Gasteiger partial charge >= 0.3 is 5.97 Å². The number of esters is 1. The van der Waals surface area contributed by atoms with Crippen LogP contribution in [0, 0.1) is 13.8 Å². The summed E-state index contributed by atoms with van der Waals surface area (Å²) in [6.45, 7) is 5.39. The van der Waals surface area contributed by atoms with E-state index in [1.165, 1.54) is 0 Å². The average molecular weight is 361 g/mol. The number of carbonyl (C=O) groups excluding carboxylic acids is 2. The molecule has 0 aliphatic rings. The molecule has 0 amide bonds. The zero-order chi connectivity index (χ0) is 16.3. The van der Waals surface area contributed by atoms with Gasteiger partial charge in [0.25, 0.3) is 0 Å². The molecule has 1 atom stereocenters. The van der Waals surface area contributed by atoms with Crippen LogP contribution < -0.4 is 0 Å². The first-order valence-corrected chi connectivity index (χ1v) is 7.76. The predicted octanol–water partition coefficient (Wildman–Crippen LogP) is 4.49. The van der Waals surface area contributed by atoms with Crippen LogP contribution in [-0.2, 0) is 4.74 Å². The van der Waals surface area contributed by atoms with Crippen LogP contribution in [0.25, 0.3) is 0 Å². The van der Waals surface area contributed by atoms with E-state index in [0.717, 1.165) is 15.6 Å². The van der Waals surface area contributed by atoms with E-state index < -0.39 is 12.1 Å². The first-order valence-electron chi connectivity index (χ1n) is 6.97. The molecule has 0 aliphatic heterocycles. The summed E-state index contributed by atoms with van der Waals surface area (Å²) in [5.74, 6) is -0.690. The Morgan fingerprint density at radius 3 is 2.32 bits per heavy atom. The standard InChI is InChI=1S/C18H17BrO3/c1-11-5-4-6-16(12(11)2)18(21)22-13(3)17(20)14-7-9-15(19)10-8-14/h4-10,13H,1-3H3/t13-/m0/s1. The van der Waals surface area contributed by atoms with Crippen molar-refractivity contribution in [2.45, 2.75) is 26.9 Å². The normalized spacial score (nSPS) is 11.8. The van der Waals surface area contributed by atoms with Crippen molar-refractivity contribution in [2.24, 2.45) is 0 Å². The van der Waals surface area contributed by atoms with E-state index in [9.17, 15) is 9.59 Å². The van der Waals surface area contributed by atoms with Gasteiger partial charge in [-0.2, -0.15) is 0 Å². The molecule has 114 valence electrons. The number of hydrogen-bond donors (Lipinski definition) is 0. The second-order valence-electron chi connectivity index (χ2n) is 5.17. The van der Waals surface area contributed by atoms with Crippen molar-refractivity contribution in [1.29, 1.82) is 0 Å². The van der Waals surface area contributed by atoms with E-state index in [-0.39, 0.29) is 5.78 Å². The van der Waals surface area contributed by atoms with Crippen LogP contribution in [0.3, 0.4) is 0 Å². The van der Waals surface area contributed by atoms with Crippen molar-refractivity contribution < 1.29 is 14.3 Å². The van der Waals surface area contributed by atoms with Gasteiger partial charge in [0, 0.05) is 10.0 Å². The van der Waals surface area contributed by atoms with Crippen molar-refractivity contribution in [2.75, 3.05) is 0 Å². The molecule has 3 nitrogen and oxygen atoms in total. The van der Waals surface area contributed by atoms with Crippen LogP contribution in [0.1, 0.15) is 38.8 Å². The fourth-order valence-corrected chi connectivity index (χ4v) is 2.36. The number of Topliss-reactive ketones (excluding diaryl/α,β-unsaturated/α-hetero) is 1. The molecule has 2 aromatic carbocycles. The Morgan fingerprint density at radius 2 is 1.68 bits per heavy atom. The number of benzene rings is 2. The van der Waals surface area contributed by atoms with Crippen molar-refractivity contribution in [3.05, 3.63) is 69.2 Å². The molecule has 0 bridgehead atoms. The third-order valence-corrected chi connectivity index (χ3v) is 4.13. The van der Waals surface area contributed by atoms with Crippen LogP contribution in [-0.4, -0.2) is 17.9 Å². The molecule has 22 heavy (non-hydrogen) atoms. The third kappa shape index (κ3) is 3.63. The van der Waals surface area contributed by atoms with Crippen LogP contribution >= 0.6 is 15.9 Å². The molecule has 0 spiro atoms. The molecule has 0 N–H and O–H groups in total. The molecule has 0 fully saturated rings. The molecule has 0 aliphatic carbocycles. The molecule has 0 unspecified atom stereocenters. The maximum Gasteiger partial charge on any atom is 0.339 e.